The predicted molar refractivity (Wildman–Crippen MR) is 135 cm³/mol. The molecule has 1 aromatic carbocycles. The van der Waals surface area contributed by atoms with E-state index in [1.54, 1.807) is 62.3 Å². The van der Waals surface area contributed by atoms with Crippen molar-refractivity contribution in [2.75, 3.05) is 26.5 Å². The standard InChI is InChI=1S/C25H42NO9P/c1-23(2,3)33-21(27)17-26(15-16-30-18-20-13-11-10-12-14-20)22(28)31-19-32-36(29,34-24(4,5)6)35-25(7,8)9/h10-14H,15-19H2,1-9H3. The van der Waals surface area contributed by atoms with Crippen LogP contribution in [0.2, 0.25) is 0 Å². The summed E-state index contributed by atoms with van der Waals surface area (Å²) in [5.74, 6) is -0.610. The van der Waals surface area contributed by atoms with Gasteiger partial charge in [-0.3, -0.25) is 18.7 Å². The summed E-state index contributed by atoms with van der Waals surface area (Å²) in [5.41, 5.74) is -1.44. The fourth-order valence-corrected chi connectivity index (χ4v) is 4.34. The molecule has 10 nitrogen and oxygen atoms in total. The molecule has 0 radical (unpaired) electrons. The summed E-state index contributed by atoms with van der Waals surface area (Å²) in [6, 6.07) is 9.54. The minimum Gasteiger partial charge on any atom is -0.459 e. The first-order chi connectivity index (χ1) is 16.4. The van der Waals surface area contributed by atoms with Gasteiger partial charge in [-0.2, -0.15) is 0 Å². The first-order valence-corrected chi connectivity index (χ1v) is 13.2. The van der Waals surface area contributed by atoms with Crippen LogP contribution in [0.4, 0.5) is 4.79 Å². The van der Waals surface area contributed by atoms with Gasteiger partial charge < -0.3 is 14.2 Å². The number of benzene rings is 1. The molecule has 0 fully saturated rings. The van der Waals surface area contributed by atoms with E-state index in [4.69, 9.17) is 27.8 Å². The highest BCUT2D eigenvalue weighted by Gasteiger charge is 2.37. The largest absolute Gasteiger partial charge is 0.478 e. The molecule has 0 spiro atoms. The molecule has 1 aromatic rings. The molecule has 1 amide bonds. The van der Waals surface area contributed by atoms with E-state index in [1.165, 1.54) is 0 Å². The summed E-state index contributed by atoms with van der Waals surface area (Å²) in [7, 11) is -4.08. The smallest absolute Gasteiger partial charge is 0.459 e. The van der Waals surface area contributed by atoms with Crippen LogP contribution in [-0.2, 0) is 43.7 Å². The van der Waals surface area contributed by atoms with Crippen LogP contribution >= 0.6 is 7.82 Å². The van der Waals surface area contributed by atoms with Crippen molar-refractivity contribution in [3.8, 4) is 0 Å². The number of amides is 1. The highest BCUT2D eigenvalue weighted by Crippen LogP contribution is 2.55. The molecular weight excluding hydrogens is 489 g/mol. The van der Waals surface area contributed by atoms with Gasteiger partial charge in [-0.05, 0) is 67.9 Å². The maximum absolute atomic E-state index is 13.1. The van der Waals surface area contributed by atoms with Crippen molar-refractivity contribution in [2.45, 2.75) is 85.7 Å². The minimum atomic E-state index is -4.08. The van der Waals surface area contributed by atoms with Gasteiger partial charge in [-0.1, -0.05) is 30.3 Å². The molecule has 206 valence electrons. The zero-order valence-electron chi connectivity index (χ0n) is 23.0. The van der Waals surface area contributed by atoms with Gasteiger partial charge in [0.2, 0.25) is 6.79 Å². The van der Waals surface area contributed by atoms with Crippen molar-refractivity contribution in [3.05, 3.63) is 35.9 Å². The zero-order chi connectivity index (χ0) is 27.6. The molecule has 0 aliphatic heterocycles. The molecule has 0 aromatic heterocycles. The highest BCUT2D eigenvalue weighted by molar-refractivity contribution is 7.48. The topological polar surface area (TPSA) is 110 Å². The Bertz CT molecular complexity index is 850. The predicted octanol–water partition coefficient (Wildman–Crippen LogP) is 5.70. The molecule has 0 saturated carbocycles. The third kappa shape index (κ3) is 15.2. The minimum absolute atomic E-state index is 0.0551. The number of carbonyl (C=O) groups excluding carboxylic acids is 2. The number of ether oxygens (including phenoxy) is 3. The Balaban J connectivity index is 2.78. The number of hydrogen-bond donors (Lipinski definition) is 0. The number of carbonyl (C=O) groups is 2. The van der Waals surface area contributed by atoms with E-state index in [0.717, 1.165) is 10.5 Å². The lowest BCUT2D eigenvalue weighted by Gasteiger charge is -2.31. The van der Waals surface area contributed by atoms with Crippen LogP contribution in [-0.4, -0.2) is 60.3 Å². The summed E-state index contributed by atoms with van der Waals surface area (Å²) in [6.45, 7) is 14.8. The summed E-state index contributed by atoms with van der Waals surface area (Å²) in [6.07, 6.45) is -0.873. The second-order valence-corrected chi connectivity index (χ2v) is 12.6. The SMILES string of the molecule is CC(C)(C)OC(=O)CN(CCOCc1ccccc1)C(=O)OCOP(=O)(OC(C)(C)C)OC(C)(C)C. The molecule has 36 heavy (non-hydrogen) atoms. The van der Waals surface area contributed by atoms with Gasteiger partial charge in [0, 0.05) is 6.54 Å². The highest BCUT2D eigenvalue weighted by atomic mass is 31.2. The van der Waals surface area contributed by atoms with Gasteiger partial charge in [0.1, 0.15) is 12.1 Å². The van der Waals surface area contributed by atoms with Gasteiger partial charge in [0.15, 0.2) is 0 Å². The van der Waals surface area contributed by atoms with Crippen molar-refractivity contribution >= 4 is 19.9 Å². The molecule has 0 N–H and O–H groups in total. The van der Waals surface area contributed by atoms with Gasteiger partial charge in [0.05, 0.1) is 24.4 Å². The monoisotopic (exact) mass is 531 g/mol. The number of hydrogen-bond acceptors (Lipinski definition) is 9. The van der Waals surface area contributed by atoms with E-state index >= 15 is 0 Å². The van der Waals surface area contributed by atoms with Gasteiger partial charge in [-0.15, -0.1) is 0 Å². The normalized spacial score (nSPS) is 12.8. The van der Waals surface area contributed by atoms with Crippen LogP contribution < -0.4 is 0 Å². The van der Waals surface area contributed by atoms with Crippen LogP contribution in [0.1, 0.15) is 67.9 Å². The van der Waals surface area contributed by atoms with Crippen LogP contribution in [0.5, 0.6) is 0 Å². The maximum Gasteiger partial charge on any atom is 0.478 e. The van der Waals surface area contributed by atoms with Crippen molar-refractivity contribution < 1.29 is 41.9 Å². The third-order valence-electron chi connectivity index (χ3n) is 3.78. The second-order valence-electron chi connectivity index (χ2n) is 11.1. The zero-order valence-corrected chi connectivity index (χ0v) is 23.9. The molecule has 0 aliphatic rings. The Kier molecular flexibility index (Phi) is 12.1. The number of phosphoric acid groups is 1. The summed E-state index contributed by atoms with van der Waals surface area (Å²) in [5, 5.41) is 0. The molecule has 0 aliphatic carbocycles. The molecule has 0 heterocycles. The van der Waals surface area contributed by atoms with Crippen molar-refractivity contribution in [1.29, 1.82) is 0 Å². The Hall–Kier alpha value is -1.97. The Labute approximate surface area is 215 Å². The summed E-state index contributed by atoms with van der Waals surface area (Å²) >= 11 is 0. The Morgan fingerprint density at radius 3 is 1.92 bits per heavy atom. The van der Waals surface area contributed by atoms with Crippen LogP contribution in [0.3, 0.4) is 0 Å². The van der Waals surface area contributed by atoms with E-state index < -0.39 is 43.5 Å². The Morgan fingerprint density at radius 2 is 1.42 bits per heavy atom. The molecule has 0 atom stereocenters. The van der Waals surface area contributed by atoms with E-state index in [1.807, 2.05) is 30.3 Å². The van der Waals surface area contributed by atoms with Gasteiger partial charge in [-0.25, -0.2) is 13.9 Å². The van der Waals surface area contributed by atoms with Gasteiger partial charge >= 0.3 is 19.9 Å². The average Bonchev–Trinajstić information content (AvgIpc) is 2.66. The maximum atomic E-state index is 13.1. The van der Waals surface area contributed by atoms with Crippen LogP contribution in [0, 0.1) is 0 Å². The van der Waals surface area contributed by atoms with E-state index in [2.05, 4.69) is 0 Å². The number of nitrogens with zero attached hydrogens (tertiary/aromatic N) is 1. The Morgan fingerprint density at radius 1 is 0.861 bits per heavy atom. The molecule has 0 bridgehead atoms. The van der Waals surface area contributed by atoms with E-state index in [-0.39, 0.29) is 19.7 Å². The number of esters is 1. The van der Waals surface area contributed by atoms with Crippen LogP contribution in [0.15, 0.2) is 30.3 Å². The van der Waals surface area contributed by atoms with Crippen molar-refractivity contribution in [2.24, 2.45) is 0 Å². The first kappa shape index (κ1) is 32.1. The van der Waals surface area contributed by atoms with Crippen molar-refractivity contribution in [3.63, 3.8) is 0 Å². The van der Waals surface area contributed by atoms with E-state index in [9.17, 15) is 14.2 Å². The first-order valence-electron chi connectivity index (χ1n) is 11.8. The van der Waals surface area contributed by atoms with Crippen LogP contribution in [0.25, 0.3) is 0 Å². The molecule has 1 rings (SSSR count). The van der Waals surface area contributed by atoms with E-state index in [0.29, 0.717) is 6.61 Å². The molecular formula is C25H42NO9P. The lowest BCUT2D eigenvalue weighted by molar-refractivity contribution is -0.156. The average molecular weight is 532 g/mol. The van der Waals surface area contributed by atoms with Gasteiger partial charge in [0.25, 0.3) is 0 Å². The lowest BCUT2D eigenvalue weighted by atomic mass is 10.2. The summed E-state index contributed by atoms with van der Waals surface area (Å²) < 4.78 is 45.5. The second kappa shape index (κ2) is 13.5. The number of rotatable bonds is 12. The molecule has 0 saturated heterocycles. The molecule has 11 heteroatoms. The fourth-order valence-electron chi connectivity index (χ4n) is 2.68. The fraction of sp³-hybridized carbons (Fsp3) is 0.680. The summed E-state index contributed by atoms with van der Waals surface area (Å²) in [4.78, 5) is 26.2. The third-order valence-corrected chi connectivity index (χ3v) is 5.74. The lowest BCUT2D eigenvalue weighted by Crippen LogP contribution is -2.41. The number of phosphoric ester groups is 1. The van der Waals surface area contributed by atoms with Crippen molar-refractivity contribution in [1.82, 2.24) is 4.90 Å². The molecule has 0 unspecified atom stereocenters. The quantitative estimate of drug-likeness (QED) is 0.145.